The average Bonchev–Trinajstić information content (AvgIpc) is 2.46. The third kappa shape index (κ3) is 2.77. The molecule has 104 valence electrons. The van der Waals surface area contributed by atoms with Crippen LogP contribution in [0, 0.1) is 0 Å². The number of benzene rings is 1. The topological polar surface area (TPSA) is 52.6 Å². The Morgan fingerprint density at radius 3 is 2.79 bits per heavy atom. The van der Waals surface area contributed by atoms with E-state index in [2.05, 4.69) is 35.1 Å². The summed E-state index contributed by atoms with van der Waals surface area (Å²) in [7, 11) is 0. The first-order chi connectivity index (χ1) is 8.97. The van der Waals surface area contributed by atoms with Crippen LogP contribution in [0.5, 0.6) is 0 Å². The molecule has 1 aromatic carbocycles. The number of aliphatic hydroxyl groups excluding tert-OH is 1. The second kappa shape index (κ2) is 5.51. The Balaban J connectivity index is 2.52. The highest BCUT2D eigenvalue weighted by Gasteiger charge is 2.39. The zero-order valence-electron chi connectivity index (χ0n) is 11.2. The van der Waals surface area contributed by atoms with Crippen LogP contribution in [0.2, 0.25) is 0 Å². The van der Waals surface area contributed by atoms with Gasteiger partial charge in [-0.1, -0.05) is 12.1 Å². The Labute approximate surface area is 121 Å². The van der Waals surface area contributed by atoms with E-state index >= 15 is 0 Å². The molecule has 0 spiro atoms. The van der Waals surface area contributed by atoms with Crippen LogP contribution in [0.25, 0.3) is 0 Å². The summed E-state index contributed by atoms with van der Waals surface area (Å²) >= 11 is 3.53. The van der Waals surface area contributed by atoms with E-state index in [4.69, 9.17) is 0 Å². The number of nitrogens with one attached hydrogen (secondary N) is 1. The van der Waals surface area contributed by atoms with Crippen LogP contribution >= 0.6 is 15.9 Å². The van der Waals surface area contributed by atoms with Crippen molar-refractivity contribution in [1.29, 1.82) is 0 Å². The second-order valence-corrected chi connectivity index (χ2v) is 6.23. The largest absolute Gasteiger partial charge is 0.394 e. The molecule has 1 atom stereocenters. The van der Waals surface area contributed by atoms with Crippen molar-refractivity contribution >= 4 is 27.5 Å². The first-order valence-electron chi connectivity index (χ1n) is 6.40. The van der Waals surface area contributed by atoms with Crippen molar-refractivity contribution in [2.24, 2.45) is 0 Å². The molecule has 1 amide bonds. The summed E-state index contributed by atoms with van der Waals surface area (Å²) in [6.45, 7) is 4.62. The molecule has 2 rings (SSSR count). The number of aliphatic hydroxyl groups is 1. The predicted octanol–water partition coefficient (Wildman–Crippen LogP) is 1.91. The molecule has 0 saturated carbocycles. The summed E-state index contributed by atoms with van der Waals surface area (Å²) in [5.74, 6) is -0.121. The molecular formula is C14H19BrN2O2. The highest BCUT2D eigenvalue weighted by Crippen LogP contribution is 2.35. The van der Waals surface area contributed by atoms with Crippen molar-refractivity contribution in [1.82, 2.24) is 5.32 Å². The highest BCUT2D eigenvalue weighted by atomic mass is 79.9. The lowest BCUT2D eigenvalue weighted by molar-refractivity contribution is -0.122. The summed E-state index contributed by atoms with van der Waals surface area (Å²) in [5.41, 5.74) is 0.722. The summed E-state index contributed by atoms with van der Waals surface area (Å²) in [5, 5.41) is 12.5. The number of halogens is 1. The second-order valence-electron chi connectivity index (χ2n) is 5.37. The van der Waals surface area contributed by atoms with Crippen LogP contribution in [-0.2, 0) is 4.79 Å². The van der Waals surface area contributed by atoms with Gasteiger partial charge in [0.15, 0.2) is 0 Å². The molecular weight excluding hydrogens is 308 g/mol. The van der Waals surface area contributed by atoms with Gasteiger partial charge < -0.3 is 15.3 Å². The molecule has 0 bridgehead atoms. The molecule has 0 aliphatic carbocycles. The van der Waals surface area contributed by atoms with Gasteiger partial charge in [0.1, 0.15) is 6.04 Å². The van der Waals surface area contributed by atoms with E-state index in [0.29, 0.717) is 6.54 Å². The van der Waals surface area contributed by atoms with Gasteiger partial charge in [-0.3, -0.25) is 4.79 Å². The molecule has 1 aliphatic heterocycles. The average molecular weight is 327 g/mol. The standard InChI is InChI=1S/C14H19BrN2O2/c1-14(2)7-8-16-13(19)12(9-18)17(14)11-6-4-3-5-10(11)15/h3-6,12,18H,7-9H2,1-2H3,(H,16,19). The van der Waals surface area contributed by atoms with Gasteiger partial charge in [-0.15, -0.1) is 0 Å². The van der Waals surface area contributed by atoms with Gasteiger partial charge in [-0.2, -0.15) is 0 Å². The Morgan fingerprint density at radius 1 is 1.47 bits per heavy atom. The van der Waals surface area contributed by atoms with E-state index in [9.17, 15) is 9.90 Å². The fourth-order valence-corrected chi connectivity index (χ4v) is 3.05. The third-order valence-electron chi connectivity index (χ3n) is 3.59. The maximum Gasteiger partial charge on any atom is 0.245 e. The minimum Gasteiger partial charge on any atom is -0.394 e. The molecule has 0 radical (unpaired) electrons. The maximum atomic E-state index is 12.1. The number of amides is 1. The minimum atomic E-state index is -0.559. The molecule has 19 heavy (non-hydrogen) atoms. The Hall–Kier alpha value is -1.07. The van der Waals surface area contributed by atoms with Gasteiger partial charge >= 0.3 is 0 Å². The van der Waals surface area contributed by atoms with Crippen molar-refractivity contribution in [3.05, 3.63) is 28.7 Å². The number of rotatable bonds is 2. The van der Waals surface area contributed by atoms with Crippen LogP contribution in [0.1, 0.15) is 20.3 Å². The van der Waals surface area contributed by atoms with E-state index < -0.39 is 6.04 Å². The van der Waals surface area contributed by atoms with Crippen LogP contribution in [0.4, 0.5) is 5.69 Å². The highest BCUT2D eigenvalue weighted by molar-refractivity contribution is 9.10. The molecule has 1 fully saturated rings. The van der Waals surface area contributed by atoms with E-state index in [1.165, 1.54) is 0 Å². The van der Waals surface area contributed by atoms with Gasteiger partial charge in [-0.25, -0.2) is 0 Å². The monoisotopic (exact) mass is 326 g/mol. The number of carbonyl (C=O) groups excluding carboxylic acids is 1. The van der Waals surface area contributed by atoms with E-state index in [-0.39, 0.29) is 18.1 Å². The summed E-state index contributed by atoms with van der Waals surface area (Å²) in [6.07, 6.45) is 0.830. The molecule has 1 aromatic rings. The number of nitrogens with zero attached hydrogens (tertiary/aromatic N) is 1. The van der Waals surface area contributed by atoms with E-state index in [0.717, 1.165) is 16.6 Å². The van der Waals surface area contributed by atoms with E-state index in [1.54, 1.807) is 0 Å². The van der Waals surface area contributed by atoms with Crippen molar-refractivity contribution in [3.63, 3.8) is 0 Å². The molecule has 2 N–H and O–H groups in total. The summed E-state index contributed by atoms with van der Waals surface area (Å²) in [6, 6.07) is 7.23. The number of para-hydroxylation sites is 1. The Bertz CT molecular complexity index is 476. The SMILES string of the molecule is CC1(C)CCNC(=O)C(CO)N1c1ccccc1Br. The molecule has 5 heteroatoms. The number of hydrogen-bond acceptors (Lipinski definition) is 3. The smallest absolute Gasteiger partial charge is 0.245 e. The van der Waals surface area contributed by atoms with Crippen LogP contribution in [0.15, 0.2) is 28.7 Å². The van der Waals surface area contributed by atoms with Crippen molar-refractivity contribution in [3.8, 4) is 0 Å². The molecule has 1 unspecified atom stereocenters. The number of anilines is 1. The van der Waals surface area contributed by atoms with Crippen LogP contribution in [0.3, 0.4) is 0 Å². The first kappa shape index (κ1) is 14.3. The van der Waals surface area contributed by atoms with Gasteiger partial charge in [0.05, 0.1) is 12.3 Å². The lowest BCUT2D eigenvalue weighted by atomic mass is 9.96. The zero-order chi connectivity index (χ0) is 14.0. The molecule has 1 aliphatic rings. The van der Waals surface area contributed by atoms with Gasteiger partial charge in [0.25, 0.3) is 0 Å². The number of hydrogen-bond donors (Lipinski definition) is 2. The van der Waals surface area contributed by atoms with Crippen molar-refractivity contribution < 1.29 is 9.90 Å². The van der Waals surface area contributed by atoms with E-state index in [1.807, 2.05) is 29.2 Å². The molecule has 0 aromatic heterocycles. The lowest BCUT2D eigenvalue weighted by Crippen LogP contribution is -2.54. The van der Waals surface area contributed by atoms with Crippen molar-refractivity contribution in [2.45, 2.75) is 31.8 Å². The first-order valence-corrected chi connectivity index (χ1v) is 7.19. The predicted molar refractivity (Wildman–Crippen MR) is 79.2 cm³/mol. The fraction of sp³-hybridized carbons (Fsp3) is 0.500. The minimum absolute atomic E-state index is 0.121. The van der Waals surface area contributed by atoms with Gasteiger partial charge in [0, 0.05) is 16.6 Å². The quantitative estimate of drug-likeness (QED) is 0.873. The Kier molecular flexibility index (Phi) is 4.16. The summed E-state index contributed by atoms with van der Waals surface area (Å²) in [4.78, 5) is 14.1. The fourth-order valence-electron chi connectivity index (χ4n) is 2.57. The van der Waals surface area contributed by atoms with Gasteiger partial charge in [-0.05, 0) is 48.3 Å². The normalized spacial score (nSPS) is 22.8. The summed E-state index contributed by atoms with van der Waals surface area (Å²) < 4.78 is 0.927. The molecule has 1 saturated heterocycles. The zero-order valence-corrected chi connectivity index (χ0v) is 12.8. The van der Waals surface area contributed by atoms with Crippen molar-refractivity contribution in [2.75, 3.05) is 18.1 Å². The lowest BCUT2D eigenvalue weighted by Gasteiger charge is -2.42. The number of carbonyl (C=O) groups is 1. The maximum absolute atomic E-state index is 12.1. The molecule has 1 heterocycles. The van der Waals surface area contributed by atoms with Gasteiger partial charge in [0.2, 0.25) is 5.91 Å². The molecule has 4 nitrogen and oxygen atoms in total. The van der Waals surface area contributed by atoms with Crippen LogP contribution in [-0.4, -0.2) is 35.7 Å². The third-order valence-corrected chi connectivity index (χ3v) is 4.26. The Morgan fingerprint density at radius 2 is 2.16 bits per heavy atom. The van der Waals surface area contributed by atoms with Crippen LogP contribution < -0.4 is 10.2 Å².